The standard InChI is InChI=1S/C16H20OS/c1-13-15(10-11-17)8-5-9-16(13)18-12-14-6-3-2-4-7-14/h2-4,6-7,11,16H,5,8-10,12H2,1H3/t16-/m1/s1. The Labute approximate surface area is 114 Å². The Hall–Kier alpha value is -1.02. The molecule has 0 aromatic heterocycles. The Morgan fingerprint density at radius 1 is 1.33 bits per heavy atom. The van der Waals surface area contributed by atoms with Crippen molar-refractivity contribution in [3.8, 4) is 0 Å². The minimum Gasteiger partial charge on any atom is -0.303 e. The molecule has 2 heteroatoms. The highest BCUT2D eigenvalue weighted by Crippen LogP contribution is 2.35. The van der Waals surface area contributed by atoms with Crippen molar-refractivity contribution in [2.75, 3.05) is 0 Å². The molecule has 0 unspecified atom stereocenters. The Kier molecular flexibility index (Phi) is 5.06. The second kappa shape index (κ2) is 6.79. The lowest BCUT2D eigenvalue weighted by molar-refractivity contribution is -0.107. The summed E-state index contributed by atoms with van der Waals surface area (Å²) in [6, 6.07) is 10.6. The number of hydrogen-bond donors (Lipinski definition) is 0. The lowest BCUT2D eigenvalue weighted by Gasteiger charge is -2.25. The van der Waals surface area contributed by atoms with Crippen molar-refractivity contribution < 1.29 is 4.79 Å². The molecule has 1 atom stereocenters. The van der Waals surface area contributed by atoms with Crippen LogP contribution in [0.5, 0.6) is 0 Å². The van der Waals surface area contributed by atoms with E-state index in [2.05, 4.69) is 37.3 Å². The zero-order chi connectivity index (χ0) is 12.8. The third-order valence-electron chi connectivity index (χ3n) is 3.61. The van der Waals surface area contributed by atoms with Gasteiger partial charge in [0, 0.05) is 17.4 Å². The molecule has 0 saturated carbocycles. The van der Waals surface area contributed by atoms with Crippen LogP contribution in [0, 0.1) is 0 Å². The maximum absolute atomic E-state index is 10.7. The zero-order valence-electron chi connectivity index (χ0n) is 10.9. The van der Waals surface area contributed by atoms with Crippen LogP contribution < -0.4 is 0 Å². The van der Waals surface area contributed by atoms with Gasteiger partial charge in [0.05, 0.1) is 0 Å². The van der Waals surface area contributed by atoms with E-state index >= 15 is 0 Å². The summed E-state index contributed by atoms with van der Waals surface area (Å²) in [4.78, 5) is 10.7. The summed E-state index contributed by atoms with van der Waals surface area (Å²) in [5, 5.41) is 0.605. The molecule has 1 aliphatic rings. The fraction of sp³-hybridized carbons (Fsp3) is 0.438. The van der Waals surface area contributed by atoms with Crippen molar-refractivity contribution in [1.82, 2.24) is 0 Å². The van der Waals surface area contributed by atoms with Gasteiger partial charge >= 0.3 is 0 Å². The molecule has 0 saturated heterocycles. The van der Waals surface area contributed by atoms with E-state index in [1.165, 1.54) is 29.6 Å². The molecule has 0 aliphatic heterocycles. The molecule has 0 radical (unpaired) electrons. The summed E-state index contributed by atoms with van der Waals surface area (Å²) in [7, 11) is 0. The fourth-order valence-electron chi connectivity index (χ4n) is 2.49. The van der Waals surface area contributed by atoms with Crippen LogP contribution in [0.15, 0.2) is 41.5 Å². The van der Waals surface area contributed by atoms with Crippen molar-refractivity contribution in [2.45, 2.75) is 43.6 Å². The molecule has 0 spiro atoms. The molecule has 0 fully saturated rings. The Balaban J connectivity index is 1.96. The zero-order valence-corrected chi connectivity index (χ0v) is 11.7. The molecule has 1 aliphatic carbocycles. The number of carbonyl (C=O) groups excluding carboxylic acids is 1. The molecule has 0 bridgehead atoms. The quantitative estimate of drug-likeness (QED) is 0.577. The smallest absolute Gasteiger partial charge is 0.124 e. The third-order valence-corrected chi connectivity index (χ3v) is 5.10. The predicted molar refractivity (Wildman–Crippen MR) is 78.8 cm³/mol. The summed E-state index contributed by atoms with van der Waals surface area (Å²) in [5.74, 6) is 1.07. The maximum atomic E-state index is 10.7. The Bertz CT molecular complexity index is 422. The van der Waals surface area contributed by atoms with Gasteiger partial charge < -0.3 is 4.79 Å². The highest BCUT2D eigenvalue weighted by molar-refractivity contribution is 7.99. The van der Waals surface area contributed by atoms with Crippen LogP contribution in [0.3, 0.4) is 0 Å². The number of carbonyl (C=O) groups is 1. The van der Waals surface area contributed by atoms with E-state index in [0.717, 1.165) is 18.5 Å². The molecule has 1 aromatic rings. The molecule has 2 rings (SSSR count). The number of allylic oxidation sites excluding steroid dienone is 1. The Morgan fingerprint density at radius 2 is 2.11 bits per heavy atom. The van der Waals surface area contributed by atoms with Gasteiger partial charge in [-0.2, -0.15) is 0 Å². The molecule has 1 nitrogen and oxygen atoms in total. The summed E-state index contributed by atoms with van der Waals surface area (Å²) in [6.45, 7) is 2.21. The SMILES string of the molecule is CC1=C(CC=O)CCC[C@H]1SCc1ccccc1. The Morgan fingerprint density at radius 3 is 2.83 bits per heavy atom. The second-order valence-electron chi connectivity index (χ2n) is 4.83. The first-order chi connectivity index (χ1) is 8.81. The van der Waals surface area contributed by atoms with E-state index in [0.29, 0.717) is 11.7 Å². The molecular formula is C16H20OS. The molecule has 96 valence electrons. The molecule has 0 heterocycles. The number of hydrogen-bond acceptors (Lipinski definition) is 2. The fourth-order valence-corrected chi connectivity index (χ4v) is 3.82. The van der Waals surface area contributed by atoms with Gasteiger partial charge in [0.25, 0.3) is 0 Å². The van der Waals surface area contributed by atoms with E-state index in [9.17, 15) is 4.79 Å². The van der Waals surface area contributed by atoms with Crippen molar-refractivity contribution in [3.05, 3.63) is 47.0 Å². The molecule has 0 N–H and O–H groups in total. The van der Waals surface area contributed by atoms with E-state index in [1.807, 2.05) is 11.8 Å². The van der Waals surface area contributed by atoms with Crippen LogP contribution in [0.2, 0.25) is 0 Å². The average molecular weight is 260 g/mol. The highest BCUT2D eigenvalue weighted by atomic mass is 32.2. The number of benzene rings is 1. The molecule has 1 aromatic carbocycles. The van der Waals surface area contributed by atoms with Gasteiger partial charge in [0.15, 0.2) is 0 Å². The van der Waals surface area contributed by atoms with Crippen LogP contribution in [-0.4, -0.2) is 11.5 Å². The lowest BCUT2D eigenvalue weighted by Crippen LogP contribution is -2.13. The monoisotopic (exact) mass is 260 g/mol. The second-order valence-corrected chi connectivity index (χ2v) is 6.03. The molecule has 0 amide bonds. The maximum Gasteiger partial charge on any atom is 0.124 e. The van der Waals surface area contributed by atoms with Gasteiger partial charge in [-0.25, -0.2) is 0 Å². The first kappa shape index (κ1) is 13.4. The van der Waals surface area contributed by atoms with Crippen LogP contribution in [0.1, 0.15) is 38.2 Å². The normalized spacial score (nSPS) is 19.9. The van der Waals surface area contributed by atoms with E-state index < -0.39 is 0 Å². The van der Waals surface area contributed by atoms with Crippen LogP contribution in [0.25, 0.3) is 0 Å². The van der Waals surface area contributed by atoms with Crippen molar-refractivity contribution in [2.24, 2.45) is 0 Å². The van der Waals surface area contributed by atoms with Crippen molar-refractivity contribution in [3.63, 3.8) is 0 Å². The summed E-state index contributed by atoms with van der Waals surface area (Å²) in [6.07, 6.45) is 5.28. The van der Waals surface area contributed by atoms with E-state index in [4.69, 9.17) is 0 Å². The average Bonchev–Trinajstić information content (AvgIpc) is 2.41. The van der Waals surface area contributed by atoms with E-state index in [1.54, 1.807) is 0 Å². The van der Waals surface area contributed by atoms with Crippen LogP contribution in [0.4, 0.5) is 0 Å². The molecular weight excluding hydrogens is 240 g/mol. The largest absolute Gasteiger partial charge is 0.303 e. The van der Waals surface area contributed by atoms with Gasteiger partial charge in [-0.05, 0) is 31.7 Å². The van der Waals surface area contributed by atoms with Gasteiger partial charge in [0.1, 0.15) is 6.29 Å². The summed E-state index contributed by atoms with van der Waals surface area (Å²) in [5.41, 5.74) is 4.22. The van der Waals surface area contributed by atoms with Gasteiger partial charge in [0.2, 0.25) is 0 Å². The number of aldehydes is 1. The third kappa shape index (κ3) is 3.49. The van der Waals surface area contributed by atoms with E-state index in [-0.39, 0.29) is 0 Å². The van der Waals surface area contributed by atoms with Gasteiger partial charge in [-0.3, -0.25) is 0 Å². The first-order valence-electron chi connectivity index (χ1n) is 6.59. The highest BCUT2D eigenvalue weighted by Gasteiger charge is 2.19. The minimum atomic E-state index is 0.605. The van der Waals surface area contributed by atoms with Crippen LogP contribution >= 0.6 is 11.8 Å². The summed E-state index contributed by atoms with van der Waals surface area (Å²) >= 11 is 2.01. The summed E-state index contributed by atoms with van der Waals surface area (Å²) < 4.78 is 0. The van der Waals surface area contributed by atoms with Crippen molar-refractivity contribution in [1.29, 1.82) is 0 Å². The number of rotatable bonds is 5. The topological polar surface area (TPSA) is 17.1 Å². The van der Waals surface area contributed by atoms with Gasteiger partial charge in [-0.1, -0.05) is 41.5 Å². The van der Waals surface area contributed by atoms with Gasteiger partial charge in [-0.15, -0.1) is 11.8 Å². The molecule has 18 heavy (non-hydrogen) atoms. The minimum absolute atomic E-state index is 0.605. The predicted octanol–water partition coefficient (Wildman–Crippen LogP) is 4.38. The number of thioether (sulfide) groups is 1. The van der Waals surface area contributed by atoms with Crippen LogP contribution in [-0.2, 0) is 10.5 Å². The first-order valence-corrected chi connectivity index (χ1v) is 7.64. The lowest BCUT2D eigenvalue weighted by atomic mass is 9.91. The van der Waals surface area contributed by atoms with Crippen molar-refractivity contribution >= 4 is 18.0 Å².